The molecule has 0 aliphatic carbocycles. The number of carbonyl (C=O) groups is 1. The van der Waals surface area contributed by atoms with Gasteiger partial charge in [0.25, 0.3) is 5.91 Å². The van der Waals surface area contributed by atoms with Gasteiger partial charge in [0.2, 0.25) is 0 Å². The molecule has 0 aromatic carbocycles. The van der Waals surface area contributed by atoms with E-state index in [4.69, 9.17) is 5.73 Å². The molecule has 1 aromatic heterocycles. The maximum atomic E-state index is 11.3. The van der Waals surface area contributed by atoms with Crippen molar-refractivity contribution in [3.05, 3.63) is 17.8 Å². The Kier molecular flexibility index (Phi) is 5.23. The topological polar surface area (TPSA) is 92.9 Å². The molecule has 19 heavy (non-hydrogen) atoms. The molecule has 0 bridgehead atoms. The van der Waals surface area contributed by atoms with Crippen molar-refractivity contribution in [3.8, 4) is 0 Å². The standard InChI is InChI=1S/C13H23N5O/c1-13(2,3)7-9(14)8-16-11-6-5-10(17-18-11)12(19)15-4/h5-6,9H,7-8,14H2,1-4H3,(H,15,19)(H,16,18). The van der Waals surface area contributed by atoms with Gasteiger partial charge in [-0.25, -0.2) is 0 Å². The van der Waals surface area contributed by atoms with Crippen LogP contribution in [-0.2, 0) is 0 Å². The SMILES string of the molecule is CNC(=O)c1ccc(NCC(N)CC(C)(C)C)nn1. The Labute approximate surface area is 114 Å². The molecular formula is C13H23N5O. The zero-order valence-corrected chi connectivity index (χ0v) is 12.0. The summed E-state index contributed by atoms with van der Waals surface area (Å²) in [5.41, 5.74) is 6.53. The minimum atomic E-state index is -0.247. The van der Waals surface area contributed by atoms with Crippen LogP contribution in [0.3, 0.4) is 0 Å². The van der Waals surface area contributed by atoms with Gasteiger partial charge in [-0.2, -0.15) is 0 Å². The number of aromatic nitrogens is 2. The largest absolute Gasteiger partial charge is 0.367 e. The molecule has 1 heterocycles. The first-order valence-electron chi connectivity index (χ1n) is 6.37. The van der Waals surface area contributed by atoms with E-state index in [1.807, 2.05) is 0 Å². The van der Waals surface area contributed by atoms with Crippen LogP contribution in [-0.4, -0.2) is 35.7 Å². The highest BCUT2D eigenvalue weighted by atomic mass is 16.1. The lowest BCUT2D eigenvalue weighted by Crippen LogP contribution is -2.33. The average molecular weight is 265 g/mol. The molecule has 1 unspecified atom stereocenters. The summed E-state index contributed by atoms with van der Waals surface area (Å²) in [6.45, 7) is 7.10. The van der Waals surface area contributed by atoms with Gasteiger partial charge in [-0.3, -0.25) is 4.79 Å². The second-order valence-electron chi connectivity index (χ2n) is 5.79. The number of anilines is 1. The molecule has 1 aromatic rings. The number of hydrogen-bond donors (Lipinski definition) is 3. The highest BCUT2D eigenvalue weighted by Crippen LogP contribution is 2.19. The molecule has 6 nitrogen and oxygen atoms in total. The predicted molar refractivity (Wildman–Crippen MR) is 76.0 cm³/mol. The summed E-state index contributed by atoms with van der Waals surface area (Å²) in [5.74, 6) is 0.375. The van der Waals surface area contributed by atoms with Gasteiger partial charge in [-0.1, -0.05) is 20.8 Å². The molecule has 0 radical (unpaired) electrons. The lowest BCUT2D eigenvalue weighted by Gasteiger charge is -2.23. The van der Waals surface area contributed by atoms with Crippen molar-refractivity contribution in [1.82, 2.24) is 15.5 Å². The molecule has 1 rings (SSSR count). The number of nitrogens with one attached hydrogen (secondary N) is 2. The van der Waals surface area contributed by atoms with E-state index in [0.717, 1.165) is 6.42 Å². The zero-order chi connectivity index (χ0) is 14.5. The Morgan fingerprint density at radius 3 is 2.53 bits per heavy atom. The molecule has 1 atom stereocenters. The van der Waals surface area contributed by atoms with Gasteiger partial charge >= 0.3 is 0 Å². The lowest BCUT2D eigenvalue weighted by molar-refractivity contribution is 0.0957. The van der Waals surface area contributed by atoms with Crippen LogP contribution in [0.4, 0.5) is 5.82 Å². The van der Waals surface area contributed by atoms with Crippen molar-refractivity contribution >= 4 is 11.7 Å². The fourth-order valence-corrected chi connectivity index (χ4v) is 1.77. The molecular weight excluding hydrogens is 242 g/mol. The van der Waals surface area contributed by atoms with E-state index < -0.39 is 0 Å². The van der Waals surface area contributed by atoms with Crippen molar-refractivity contribution < 1.29 is 4.79 Å². The first kappa shape index (κ1) is 15.4. The van der Waals surface area contributed by atoms with Gasteiger partial charge in [0.1, 0.15) is 5.82 Å². The summed E-state index contributed by atoms with van der Waals surface area (Å²) < 4.78 is 0. The third-order valence-electron chi connectivity index (χ3n) is 2.54. The lowest BCUT2D eigenvalue weighted by atomic mass is 9.88. The Bertz CT molecular complexity index is 410. The third-order valence-corrected chi connectivity index (χ3v) is 2.54. The van der Waals surface area contributed by atoms with Crippen molar-refractivity contribution in [3.63, 3.8) is 0 Å². The molecule has 0 aliphatic rings. The maximum Gasteiger partial charge on any atom is 0.271 e. The van der Waals surface area contributed by atoms with Gasteiger partial charge in [-0.15, -0.1) is 10.2 Å². The van der Waals surface area contributed by atoms with Crippen LogP contribution >= 0.6 is 0 Å². The fourth-order valence-electron chi connectivity index (χ4n) is 1.77. The Morgan fingerprint density at radius 1 is 1.37 bits per heavy atom. The van der Waals surface area contributed by atoms with E-state index in [0.29, 0.717) is 18.1 Å². The molecule has 0 fully saturated rings. The molecule has 6 heteroatoms. The van der Waals surface area contributed by atoms with Gasteiger partial charge in [0.15, 0.2) is 5.69 Å². The molecule has 0 saturated heterocycles. The number of rotatable bonds is 5. The van der Waals surface area contributed by atoms with E-state index in [9.17, 15) is 4.79 Å². The minimum absolute atomic E-state index is 0.0559. The van der Waals surface area contributed by atoms with Crippen molar-refractivity contribution in [2.45, 2.75) is 33.2 Å². The van der Waals surface area contributed by atoms with Gasteiger partial charge in [0.05, 0.1) is 0 Å². The Balaban J connectivity index is 2.48. The Hall–Kier alpha value is -1.69. The summed E-state index contributed by atoms with van der Waals surface area (Å²) in [7, 11) is 1.56. The maximum absolute atomic E-state index is 11.3. The van der Waals surface area contributed by atoms with Crippen LogP contribution in [0.2, 0.25) is 0 Å². The van der Waals surface area contributed by atoms with Gasteiger partial charge in [-0.05, 0) is 24.0 Å². The van der Waals surface area contributed by atoms with Crippen LogP contribution in [0.25, 0.3) is 0 Å². The van der Waals surface area contributed by atoms with Crippen molar-refractivity contribution in [2.75, 3.05) is 18.9 Å². The van der Waals surface area contributed by atoms with Crippen LogP contribution < -0.4 is 16.4 Å². The van der Waals surface area contributed by atoms with E-state index in [1.54, 1.807) is 19.2 Å². The molecule has 4 N–H and O–H groups in total. The third kappa shape index (κ3) is 5.65. The van der Waals surface area contributed by atoms with E-state index >= 15 is 0 Å². The summed E-state index contributed by atoms with van der Waals surface area (Å²) in [5, 5.41) is 13.4. The van der Waals surface area contributed by atoms with Crippen molar-refractivity contribution in [2.24, 2.45) is 11.1 Å². The second kappa shape index (κ2) is 6.47. The molecule has 0 saturated carbocycles. The molecule has 1 amide bonds. The quantitative estimate of drug-likeness (QED) is 0.739. The van der Waals surface area contributed by atoms with Crippen molar-refractivity contribution in [1.29, 1.82) is 0 Å². The fraction of sp³-hybridized carbons (Fsp3) is 0.615. The minimum Gasteiger partial charge on any atom is -0.367 e. The van der Waals surface area contributed by atoms with E-state index in [2.05, 4.69) is 41.6 Å². The number of carbonyl (C=O) groups excluding carboxylic acids is 1. The monoisotopic (exact) mass is 265 g/mol. The number of amides is 1. The summed E-state index contributed by atoms with van der Waals surface area (Å²) in [4.78, 5) is 11.3. The van der Waals surface area contributed by atoms with E-state index in [1.165, 1.54) is 0 Å². The number of nitrogens with zero attached hydrogens (tertiary/aromatic N) is 2. The predicted octanol–water partition coefficient (Wildman–Crippen LogP) is 1.01. The average Bonchev–Trinajstić information content (AvgIpc) is 2.34. The Morgan fingerprint density at radius 2 is 2.05 bits per heavy atom. The first-order valence-corrected chi connectivity index (χ1v) is 6.37. The summed E-state index contributed by atoms with van der Waals surface area (Å²) in [6.07, 6.45) is 0.920. The number of hydrogen-bond acceptors (Lipinski definition) is 5. The highest BCUT2D eigenvalue weighted by molar-refractivity contribution is 5.91. The molecule has 0 aliphatic heterocycles. The van der Waals surface area contributed by atoms with Crippen LogP contribution in [0.5, 0.6) is 0 Å². The van der Waals surface area contributed by atoms with Crippen LogP contribution in [0.1, 0.15) is 37.7 Å². The van der Waals surface area contributed by atoms with Crippen LogP contribution in [0, 0.1) is 5.41 Å². The zero-order valence-electron chi connectivity index (χ0n) is 12.0. The number of nitrogens with two attached hydrogens (primary N) is 1. The summed E-state index contributed by atoms with van der Waals surface area (Å²) >= 11 is 0. The van der Waals surface area contributed by atoms with Gasteiger partial charge < -0.3 is 16.4 Å². The molecule has 106 valence electrons. The van der Waals surface area contributed by atoms with E-state index in [-0.39, 0.29) is 17.4 Å². The van der Waals surface area contributed by atoms with Crippen LogP contribution in [0.15, 0.2) is 12.1 Å². The molecule has 0 spiro atoms. The summed E-state index contributed by atoms with van der Waals surface area (Å²) in [6, 6.07) is 3.41. The second-order valence-corrected chi connectivity index (χ2v) is 5.79. The van der Waals surface area contributed by atoms with Gasteiger partial charge in [0, 0.05) is 19.6 Å². The normalized spacial score (nSPS) is 12.9. The smallest absolute Gasteiger partial charge is 0.271 e. The highest BCUT2D eigenvalue weighted by Gasteiger charge is 2.15. The first-order chi connectivity index (χ1) is 8.81.